The summed E-state index contributed by atoms with van der Waals surface area (Å²) in [4.78, 5) is 30.8. The highest BCUT2D eigenvalue weighted by atomic mass is 35.5. The molecule has 1 aromatic carbocycles. The van der Waals surface area contributed by atoms with Gasteiger partial charge in [-0.05, 0) is 31.0 Å². The summed E-state index contributed by atoms with van der Waals surface area (Å²) < 4.78 is 4.62. The molecule has 4 rings (SSSR count). The minimum atomic E-state index is -0.361. The molecule has 1 fully saturated rings. The van der Waals surface area contributed by atoms with E-state index in [1.165, 1.54) is 9.13 Å². The number of benzene rings is 1. The summed E-state index contributed by atoms with van der Waals surface area (Å²) in [5.41, 5.74) is 0.716. The van der Waals surface area contributed by atoms with Gasteiger partial charge in [0.1, 0.15) is 0 Å². The van der Waals surface area contributed by atoms with E-state index < -0.39 is 0 Å². The highest BCUT2D eigenvalue weighted by Gasteiger charge is 2.25. The summed E-state index contributed by atoms with van der Waals surface area (Å²) in [6.07, 6.45) is 7.01. The fourth-order valence-electron chi connectivity index (χ4n) is 3.76. The number of rotatable bonds is 4. The number of nitrogens with zero attached hydrogens (tertiary/aromatic N) is 4. The average Bonchev–Trinajstić information content (AvgIpc) is 3.26. The Morgan fingerprint density at radius 3 is 2.73 bits per heavy atom. The molecular formula is C19H19ClN4O2. The molecule has 1 saturated carbocycles. The molecule has 2 heterocycles. The van der Waals surface area contributed by atoms with Crippen molar-refractivity contribution in [2.75, 3.05) is 0 Å². The lowest BCUT2D eigenvalue weighted by Gasteiger charge is -2.16. The van der Waals surface area contributed by atoms with Crippen LogP contribution in [-0.2, 0) is 6.54 Å². The molecule has 0 atom stereocenters. The minimum Gasteiger partial charge on any atom is -0.321 e. The number of allylic oxidation sites excluding steroid dienone is 1. The zero-order chi connectivity index (χ0) is 18.3. The molecule has 3 aromatic rings. The highest BCUT2D eigenvalue weighted by Crippen LogP contribution is 2.28. The maximum Gasteiger partial charge on any atom is 0.337 e. The highest BCUT2D eigenvalue weighted by molar-refractivity contribution is 6.30. The SMILES string of the molecule is C=CCn1cnc2c1c(=O)n(C1CCCC1)c(=O)n2-c1cccc(Cl)c1. The van der Waals surface area contributed by atoms with Gasteiger partial charge in [-0.25, -0.2) is 14.3 Å². The number of aromatic nitrogens is 4. The monoisotopic (exact) mass is 370 g/mol. The molecule has 1 aliphatic carbocycles. The normalized spacial score (nSPS) is 15.0. The molecule has 7 heteroatoms. The van der Waals surface area contributed by atoms with E-state index in [9.17, 15) is 9.59 Å². The van der Waals surface area contributed by atoms with Gasteiger partial charge in [-0.3, -0.25) is 9.36 Å². The third-order valence-electron chi connectivity index (χ3n) is 4.93. The van der Waals surface area contributed by atoms with Crippen molar-refractivity contribution >= 4 is 22.8 Å². The molecule has 26 heavy (non-hydrogen) atoms. The lowest BCUT2D eigenvalue weighted by Crippen LogP contribution is -2.41. The summed E-state index contributed by atoms with van der Waals surface area (Å²) in [6.45, 7) is 4.19. The number of imidazole rings is 1. The molecule has 0 bridgehead atoms. The second kappa shape index (κ2) is 6.61. The zero-order valence-corrected chi connectivity index (χ0v) is 15.0. The molecular weight excluding hydrogens is 352 g/mol. The van der Waals surface area contributed by atoms with Gasteiger partial charge in [0.2, 0.25) is 0 Å². The van der Waals surface area contributed by atoms with Crippen LogP contribution in [-0.4, -0.2) is 18.7 Å². The Morgan fingerprint density at radius 2 is 2.04 bits per heavy atom. The van der Waals surface area contributed by atoms with E-state index >= 15 is 0 Å². The van der Waals surface area contributed by atoms with Gasteiger partial charge in [-0.15, -0.1) is 6.58 Å². The quantitative estimate of drug-likeness (QED) is 0.662. The predicted molar refractivity (Wildman–Crippen MR) is 102 cm³/mol. The van der Waals surface area contributed by atoms with Crippen LogP contribution in [0.5, 0.6) is 0 Å². The largest absolute Gasteiger partial charge is 0.337 e. The van der Waals surface area contributed by atoms with Crippen molar-refractivity contribution in [2.45, 2.75) is 38.3 Å². The molecule has 0 N–H and O–H groups in total. The molecule has 0 unspecified atom stereocenters. The topological polar surface area (TPSA) is 61.8 Å². The van der Waals surface area contributed by atoms with E-state index in [-0.39, 0.29) is 17.3 Å². The van der Waals surface area contributed by atoms with Crippen molar-refractivity contribution in [3.63, 3.8) is 0 Å². The van der Waals surface area contributed by atoms with Crippen molar-refractivity contribution in [2.24, 2.45) is 0 Å². The summed E-state index contributed by atoms with van der Waals surface area (Å²) in [5, 5.41) is 0.520. The van der Waals surface area contributed by atoms with E-state index in [1.54, 1.807) is 41.2 Å². The van der Waals surface area contributed by atoms with E-state index in [4.69, 9.17) is 11.6 Å². The van der Waals surface area contributed by atoms with Crippen LogP contribution in [0.25, 0.3) is 16.9 Å². The predicted octanol–water partition coefficient (Wildman–Crippen LogP) is 3.30. The van der Waals surface area contributed by atoms with Gasteiger partial charge in [0.05, 0.1) is 12.0 Å². The van der Waals surface area contributed by atoms with Gasteiger partial charge in [0, 0.05) is 17.6 Å². The van der Waals surface area contributed by atoms with Crippen LogP contribution in [0.2, 0.25) is 5.02 Å². The summed E-state index contributed by atoms with van der Waals surface area (Å²) >= 11 is 6.13. The van der Waals surface area contributed by atoms with Gasteiger partial charge < -0.3 is 4.57 Å². The van der Waals surface area contributed by atoms with Gasteiger partial charge in [0.25, 0.3) is 5.56 Å². The van der Waals surface area contributed by atoms with Gasteiger partial charge in [-0.1, -0.05) is 36.6 Å². The standard InChI is InChI=1S/C19H19ClN4O2/c1-2-10-22-12-21-17-16(22)18(25)24(14-7-3-4-8-14)19(26)23(17)15-9-5-6-13(20)11-15/h2,5-6,9,11-12,14H,1,3-4,7-8,10H2. The minimum absolute atomic E-state index is 0.0723. The fraction of sp³-hybridized carbons (Fsp3) is 0.316. The second-order valence-electron chi connectivity index (χ2n) is 6.57. The number of hydrogen-bond donors (Lipinski definition) is 0. The lowest BCUT2D eigenvalue weighted by atomic mass is 10.2. The number of hydrogen-bond acceptors (Lipinski definition) is 3. The van der Waals surface area contributed by atoms with E-state index in [0.717, 1.165) is 25.7 Å². The molecule has 1 aliphatic rings. The first-order valence-corrected chi connectivity index (χ1v) is 9.09. The molecule has 0 spiro atoms. The average molecular weight is 371 g/mol. The summed E-state index contributed by atoms with van der Waals surface area (Å²) in [7, 11) is 0. The van der Waals surface area contributed by atoms with Crippen LogP contribution < -0.4 is 11.2 Å². The third kappa shape index (κ3) is 2.61. The first-order chi connectivity index (χ1) is 12.6. The van der Waals surface area contributed by atoms with Crippen molar-refractivity contribution in [3.8, 4) is 5.69 Å². The first kappa shape index (κ1) is 16.8. The Morgan fingerprint density at radius 1 is 1.27 bits per heavy atom. The molecule has 0 amide bonds. The molecule has 0 saturated heterocycles. The Bertz CT molecular complexity index is 1100. The van der Waals surface area contributed by atoms with Crippen LogP contribution in [0, 0.1) is 0 Å². The maximum atomic E-state index is 13.3. The van der Waals surface area contributed by atoms with Crippen LogP contribution in [0.3, 0.4) is 0 Å². The summed E-state index contributed by atoms with van der Waals surface area (Å²) in [6, 6.07) is 6.95. The third-order valence-corrected chi connectivity index (χ3v) is 5.17. The maximum absolute atomic E-state index is 13.3. The van der Waals surface area contributed by atoms with Crippen LogP contribution in [0.15, 0.2) is 52.8 Å². The smallest absolute Gasteiger partial charge is 0.321 e. The van der Waals surface area contributed by atoms with Gasteiger partial charge in [0.15, 0.2) is 11.2 Å². The second-order valence-corrected chi connectivity index (χ2v) is 7.01. The Hall–Kier alpha value is -2.60. The van der Waals surface area contributed by atoms with Crippen molar-refractivity contribution < 1.29 is 0 Å². The van der Waals surface area contributed by atoms with E-state index in [1.807, 2.05) is 0 Å². The van der Waals surface area contributed by atoms with E-state index in [2.05, 4.69) is 11.6 Å². The zero-order valence-electron chi connectivity index (χ0n) is 14.3. The van der Waals surface area contributed by atoms with Crippen molar-refractivity contribution in [1.29, 1.82) is 0 Å². The van der Waals surface area contributed by atoms with Crippen LogP contribution in [0.1, 0.15) is 31.7 Å². The van der Waals surface area contributed by atoms with Crippen LogP contribution in [0.4, 0.5) is 0 Å². The lowest BCUT2D eigenvalue weighted by molar-refractivity contribution is 0.474. The van der Waals surface area contributed by atoms with Crippen molar-refractivity contribution in [3.05, 3.63) is 69.1 Å². The van der Waals surface area contributed by atoms with Gasteiger partial charge in [-0.2, -0.15) is 0 Å². The Balaban J connectivity index is 2.11. The first-order valence-electron chi connectivity index (χ1n) is 8.71. The van der Waals surface area contributed by atoms with Gasteiger partial charge >= 0.3 is 5.69 Å². The molecule has 0 radical (unpaired) electrons. The Labute approximate surface area is 155 Å². The summed E-state index contributed by atoms with van der Waals surface area (Å²) in [5.74, 6) is 0. The van der Waals surface area contributed by atoms with Crippen molar-refractivity contribution in [1.82, 2.24) is 18.7 Å². The Kier molecular flexibility index (Phi) is 4.28. The molecule has 134 valence electrons. The molecule has 2 aromatic heterocycles. The van der Waals surface area contributed by atoms with E-state index in [0.29, 0.717) is 28.4 Å². The number of halogens is 1. The van der Waals surface area contributed by atoms with Crippen LogP contribution >= 0.6 is 11.6 Å². The fourth-order valence-corrected chi connectivity index (χ4v) is 3.95. The number of fused-ring (bicyclic) bond motifs is 1. The molecule has 6 nitrogen and oxygen atoms in total. The molecule has 0 aliphatic heterocycles.